The Balaban J connectivity index is 1.69. The average molecular weight is 317 g/mol. The minimum atomic E-state index is -0.685. The zero-order valence-electron chi connectivity index (χ0n) is 13.7. The molecule has 5 atom stereocenters. The quantitative estimate of drug-likeness (QED) is 0.709. The molecule has 0 saturated carbocycles. The molecule has 0 aromatic heterocycles. The molecule has 3 aliphatic rings. The van der Waals surface area contributed by atoms with Crippen LogP contribution in [0, 0.1) is 0 Å². The fourth-order valence-electron chi connectivity index (χ4n) is 3.31. The number of hydrogen-bond acceptors (Lipinski definition) is 7. The molecule has 0 unspecified atom stereocenters. The average Bonchev–Trinajstić information content (AvgIpc) is 2.89. The minimum absolute atomic E-state index is 0.174. The molecule has 0 aliphatic carbocycles. The highest BCUT2D eigenvalue weighted by atomic mass is 16.9. The van der Waals surface area contributed by atoms with Crippen molar-refractivity contribution in [3.8, 4) is 0 Å². The highest BCUT2D eigenvalue weighted by molar-refractivity contribution is 5.00. The largest absolute Gasteiger partial charge is 0.396 e. The molecule has 3 saturated heterocycles. The molecular weight excluding hydrogens is 290 g/mol. The maximum atomic E-state index is 8.85. The van der Waals surface area contributed by atoms with Crippen LogP contribution in [0.1, 0.15) is 34.1 Å². The van der Waals surface area contributed by atoms with Gasteiger partial charge in [-0.05, 0) is 40.7 Å². The minimum Gasteiger partial charge on any atom is -0.396 e. The van der Waals surface area contributed by atoms with Gasteiger partial charge in [0.25, 0.3) is 0 Å². The van der Waals surface area contributed by atoms with Crippen molar-refractivity contribution in [1.82, 2.24) is 5.32 Å². The molecular formula is C15H27NO6. The third-order valence-electron chi connectivity index (χ3n) is 4.11. The van der Waals surface area contributed by atoms with Gasteiger partial charge in [0.1, 0.15) is 24.4 Å². The van der Waals surface area contributed by atoms with Gasteiger partial charge in [0.15, 0.2) is 17.9 Å². The lowest BCUT2D eigenvalue weighted by molar-refractivity contribution is -0.232. The van der Waals surface area contributed by atoms with E-state index in [2.05, 4.69) is 5.32 Å². The lowest BCUT2D eigenvalue weighted by Crippen LogP contribution is -2.57. The SMILES string of the molecule is CC1(C)O[C@H]2[C@@H](O1)[C@@H](CNCCCO)O[C@@H]1OC(C)(C)O[C@@H]12. The second-order valence-corrected chi connectivity index (χ2v) is 6.99. The van der Waals surface area contributed by atoms with E-state index >= 15 is 0 Å². The molecule has 0 aromatic carbocycles. The first-order valence-corrected chi connectivity index (χ1v) is 8.00. The summed E-state index contributed by atoms with van der Waals surface area (Å²) in [6.45, 7) is 9.07. The van der Waals surface area contributed by atoms with Gasteiger partial charge in [-0.2, -0.15) is 0 Å². The lowest BCUT2D eigenvalue weighted by atomic mass is 9.99. The summed E-state index contributed by atoms with van der Waals surface area (Å²) in [5.74, 6) is -1.35. The highest BCUT2D eigenvalue weighted by Gasteiger charge is 2.60. The van der Waals surface area contributed by atoms with Gasteiger partial charge in [-0.15, -0.1) is 0 Å². The Kier molecular flexibility index (Phi) is 4.50. The Bertz CT molecular complexity index is 401. The molecule has 0 spiro atoms. The van der Waals surface area contributed by atoms with Crippen LogP contribution in [0.4, 0.5) is 0 Å². The second kappa shape index (κ2) is 5.98. The molecule has 3 aliphatic heterocycles. The van der Waals surface area contributed by atoms with Gasteiger partial charge in [-0.1, -0.05) is 0 Å². The normalized spacial score (nSPS) is 42.1. The van der Waals surface area contributed by atoms with Crippen LogP contribution < -0.4 is 5.32 Å². The Morgan fingerprint density at radius 3 is 2.27 bits per heavy atom. The van der Waals surface area contributed by atoms with Gasteiger partial charge in [0.05, 0.1) is 0 Å². The molecule has 3 heterocycles. The fraction of sp³-hybridized carbons (Fsp3) is 1.00. The summed E-state index contributed by atoms with van der Waals surface area (Å²) in [5.41, 5.74) is 0. The number of nitrogens with one attached hydrogen (secondary N) is 1. The van der Waals surface area contributed by atoms with Gasteiger partial charge in [0, 0.05) is 13.2 Å². The fourth-order valence-corrected chi connectivity index (χ4v) is 3.31. The molecule has 3 fully saturated rings. The first-order valence-electron chi connectivity index (χ1n) is 8.00. The van der Waals surface area contributed by atoms with Crippen LogP contribution in [0.3, 0.4) is 0 Å². The first kappa shape index (κ1) is 16.6. The molecule has 0 radical (unpaired) electrons. The van der Waals surface area contributed by atoms with Gasteiger partial charge in [-0.3, -0.25) is 0 Å². The zero-order chi connectivity index (χ0) is 16.0. The van der Waals surface area contributed by atoms with Crippen molar-refractivity contribution < 1.29 is 28.8 Å². The molecule has 2 N–H and O–H groups in total. The number of aliphatic hydroxyl groups is 1. The van der Waals surface area contributed by atoms with Crippen molar-refractivity contribution in [2.45, 2.75) is 76.4 Å². The van der Waals surface area contributed by atoms with E-state index in [1.54, 1.807) is 0 Å². The van der Waals surface area contributed by atoms with Crippen LogP contribution in [-0.4, -0.2) is 67.1 Å². The van der Waals surface area contributed by atoms with E-state index in [4.69, 9.17) is 28.8 Å². The standard InChI is InChI=1S/C15H27NO6/c1-14(2)19-10-9(8-16-6-5-7-17)18-13-12(11(10)20-14)21-15(3,4)22-13/h9-13,16-17H,5-8H2,1-4H3/t9-,10+,11+,12-,13-/m1/s1. The van der Waals surface area contributed by atoms with Crippen LogP contribution in [0.15, 0.2) is 0 Å². The van der Waals surface area contributed by atoms with Gasteiger partial charge >= 0.3 is 0 Å². The van der Waals surface area contributed by atoms with Crippen molar-refractivity contribution in [3.63, 3.8) is 0 Å². The molecule has 22 heavy (non-hydrogen) atoms. The number of fused-ring (bicyclic) bond motifs is 3. The monoisotopic (exact) mass is 317 g/mol. The van der Waals surface area contributed by atoms with Gasteiger partial charge in [-0.25, -0.2) is 0 Å². The maximum Gasteiger partial charge on any atom is 0.190 e. The van der Waals surface area contributed by atoms with Crippen molar-refractivity contribution in [1.29, 1.82) is 0 Å². The third kappa shape index (κ3) is 3.31. The highest BCUT2D eigenvalue weighted by Crippen LogP contribution is 2.43. The summed E-state index contributed by atoms with van der Waals surface area (Å²) in [6, 6.07) is 0. The summed E-state index contributed by atoms with van der Waals surface area (Å²) < 4.78 is 29.9. The number of hydrogen-bond donors (Lipinski definition) is 2. The molecule has 0 amide bonds. The molecule has 128 valence electrons. The molecule has 7 heteroatoms. The molecule has 0 aromatic rings. The van der Waals surface area contributed by atoms with E-state index in [1.165, 1.54) is 0 Å². The van der Waals surface area contributed by atoms with E-state index in [9.17, 15) is 0 Å². The van der Waals surface area contributed by atoms with Crippen molar-refractivity contribution in [2.75, 3.05) is 19.7 Å². The van der Waals surface area contributed by atoms with Crippen LogP contribution >= 0.6 is 0 Å². The number of aliphatic hydroxyl groups excluding tert-OH is 1. The Labute approximate surface area is 131 Å². The topological polar surface area (TPSA) is 78.4 Å². The Hall–Kier alpha value is -0.280. The number of ether oxygens (including phenoxy) is 5. The smallest absolute Gasteiger partial charge is 0.190 e. The predicted octanol–water partition coefficient (Wildman–Crippen LogP) is 0.355. The van der Waals surface area contributed by atoms with Crippen molar-refractivity contribution >= 4 is 0 Å². The molecule has 3 rings (SSSR count). The summed E-state index contributed by atoms with van der Waals surface area (Å²) in [6.07, 6.45) is -0.601. The van der Waals surface area contributed by atoms with Crippen LogP contribution in [0.2, 0.25) is 0 Å². The van der Waals surface area contributed by atoms with Gasteiger partial charge in [0.2, 0.25) is 0 Å². The summed E-state index contributed by atoms with van der Waals surface area (Å²) in [5, 5.41) is 12.1. The zero-order valence-corrected chi connectivity index (χ0v) is 13.7. The lowest BCUT2D eigenvalue weighted by Gasteiger charge is -2.37. The van der Waals surface area contributed by atoms with E-state index in [0.29, 0.717) is 13.0 Å². The van der Waals surface area contributed by atoms with E-state index < -0.39 is 17.9 Å². The maximum absolute atomic E-state index is 8.85. The Morgan fingerprint density at radius 2 is 1.55 bits per heavy atom. The predicted molar refractivity (Wildman–Crippen MR) is 77.1 cm³/mol. The summed E-state index contributed by atoms with van der Waals surface area (Å²) in [7, 11) is 0. The van der Waals surface area contributed by atoms with Crippen LogP contribution in [0.25, 0.3) is 0 Å². The summed E-state index contributed by atoms with van der Waals surface area (Å²) >= 11 is 0. The first-order chi connectivity index (χ1) is 10.3. The third-order valence-corrected chi connectivity index (χ3v) is 4.11. The van der Waals surface area contributed by atoms with Crippen molar-refractivity contribution in [3.05, 3.63) is 0 Å². The van der Waals surface area contributed by atoms with Crippen LogP contribution in [0.5, 0.6) is 0 Å². The van der Waals surface area contributed by atoms with Crippen LogP contribution in [-0.2, 0) is 23.7 Å². The van der Waals surface area contributed by atoms with E-state index in [1.807, 2.05) is 27.7 Å². The molecule has 0 bridgehead atoms. The van der Waals surface area contributed by atoms with Gasteiger partial charge < -0.3 is 34.1 Å². The Morgan fingerprint density at radius 1 is 0.909 bits per heavy atom. The summed E-state index contributed by atoms with van der Waals surface area (Å²) in [4.78, 5) is 0. The second-order valence-electron chi connectivity index (χ2n) is 6.99. The van der Waals surface area contributed by atoms with Crippen molar-refractivity contribution in [2.24, 2.45) is 0 Å². The van der Waals surface area contributed by atoms with E-state index in [0.717, 1.165) is 6.54 Å². The number of rotatable bonds is 5. The van der Waals surface area contributed by atoms with E-state index in [-0.39, 0.29) is 31.0 Å². The molecule has 7 nitrogen and oxygen atoms in total.